The van der Waals surface area contributed by atoms with Crippen LogP contribution in [0.1, 0.15) is 27.7 Å². The third kappa shape index (κ3) is 4.17. The Morgan fingerprint density at radius 3 is 2.00 bits per heavy atom. The number of hydrogen-bond acceptors (Lipinski definition) is 6. The Bertz CT molecular complexity index is 371. The van der Waals surface area contributed by atoms with Gasteiger partial charge in [0.15, 0.2) is 6.29 Å². The summed E-state index contributed by atoms with van der Waals surface area (Å²) in [5.74, 6) is -1.33. The van der Waals surface area contributed by atoms with E-state index in [0.717, 1.165) is 0 Å². The molecule has 0 aliphatic carbocycles. The first-order valence-electron chi connectivity index (χ1n) is 6.27. The molecule has 5 atom stereocenters. The Hall–Kier alpha value is -1.67. The normalized spacial score (nSPS) is 33.1. The molecule has 0 radical (unpaired) electrons. The second-order valence-electron chi connectivity index (χ2n) is 4.76. The molecule has 0 unspecified atom stereocenters. The molecule has 0 aromatic heterocycles. The highest BCUT2D eigenvalue weighted by Crippen LogP contribution is 2.22. The molecular formula is C12H20N2O6. The molecule has 1 saturated heterocycles. The van der Waals surface area contributed by atoms with E-state index in [9.17, 15) is 19.5 Å². The molecule has 114 valence electrons. The predicted molar refractivity (Wildman–Crippen MR) is 67.3 cm³/mol. The van der Waals surface area contributed by atoms with E-state index in [4.69, 9.17) is 9.47 Å². The van der Waals surface area contributed by atoms with Crippen LogP contribution in [0.5, 0.6) is 0 Å². The molecule has 2 amide bonds. The van der Waals surface area contributed by atoms with Crippen molar-refractivity contribution in [3.8, 4) is 0 Å². The molecule has 1 heterocycles. The number of nitrogens with one attached hydrogen (secondary N) is 2. The smallest absolute Gasteiger partial charge is 0.303 e. The lowest BCUT2D eigenvalue weighted by molar-refractivity contribution is -0.222. The van der Waals surface area contributed by atoms with Crippen molar-refractivity contribution in [1.29, 1.82) is 0 Å². The number of rotatable bonds is 3. The minimum Gasteiger partial charge on any atom is -0.458 e. The molecule has 0 spiro atoms. The largest absolute Gasteiger partial charge is 0.458 e. The quantitative estimate of drug-likeness (QED) is 0.554. The Morgan fingerprint density at radius 1 is 1.05 bits per heavy atom. The Labute approximate surface area is 116 Å². The summed E-state index contributed by atoms with van der Waals surface area (Å²) in [7, 11) is 0. The van der Waals surface area contributed by atoms with Gasteiger partial charge in [0.1, 0.15) is 12.1 Å². The van der Waals surface area contributed by atoms with Crippen molar-refractivity contribution in [2.75, 3.05) is 0 Å². The van der Waals surface area contributed by atoms with Gasteiger partial charge in [-0.1, -0.05) is 0 Å². The van der Waals surface area contributed by atoms with Gasteiger partial charge in [-0.25, -0.2) is 0 Å². The summed E-state index contributed by atoms with van der Waals surface area (Å²) in [6, 6.07) is -1.62. The average molecular weight is 288 g/mol. The van der Waals surface area contributed by atoms with Gasteiger partial charge in [-0.3, -0.25) is 14.4 Å². The lowest BCUT2D eigenvalue weighted by Crippen LogP contribution is -2.67. The molecule has 1 aliphatic rings. The van der Waals surface area contributed by atoms with Gasteiger partial charge in [-0.05, 0) is 6.92 Å². The topological polar surface area (TPSA) is 114 Å². The van der Waals surface area contributed by atoms with E-state index >= 15 is 0 Å². The molecule has 20 heavy (non-hydrogen) atoms. The van der Waals surface area contributed by atoms with Crippen LogP contribution >= 0.6 is 0 Å². The molecule has 0 aromatic carbocycles. The summed E-state index contributed by atoms with van der Waals surface area (Å²) < 4.78 is 10.4. The Balaban J connectivity index is 3.01. The van der Waals surface area contributed by atoms with Crippen LogP contribution in [0.4, 0.5) is 0 Å². The highest BCUT2D eigenvalue weighted by atomic mass is 16.6. The van der Waals surface area contributed by atoms with Crippen LogP contribution in [0.2, 0.25) is 0 Å². The van der Waals surface area contributed by atoms with Crippen molar-refractivity contribution < 1.29 is 29.0 Å². The summed E-state index contributed by atoms with van der Waals surface area (Å²) >= 11 is 0. The number of carbonyl (C=O) groups excluding carboxylic acids is 3. The van der Waals surface area contributed by atoms with Crippen LogP contribution < -0.4 is 10.6 Å². The van der Waals surface area contributed by atoms with Crippen molar-refractivity contribution in [3.05, 3.63) is 0 Å². The van der Waals surface area contributed by atoms with Crippen LogP contribution in [-0.4, -0.2) is 53.5 Å². The first-order chi connectivity index (χ1) is 9.22. The van der Waals surface area contributed by atoms with Crippen molar-refractivity contribution in [1.82, 2.24) is 10.6 Å². The van der Waals surface area contributed by atoms with Gasteiger partial charge >= 0.3 is 5.97 Å². The zero-order valence-corrected chi connectivity index (χ0v) is 11.9. The first-order valence-corrected chi connectivity index (χ1v) is 6.27. The number of amides is 2. The zero-order valence-electron chi connectivity index (χ0n) is 11.9. The van der Waals surface area contributed by atoms with E-state index in [-0.39, 0.29) is 5.91 Å². The lowest BCUT2D eigenvalue weighted by Gasteiger charge is -2.43. The van der Waals surface area contributed by atoms with Crippen molar-refractivity contribution >= 4 is 17.8 Å². The van der Waals surface area contributed by atoms with Gasteiger partial charge in [0.05, 0.1) is 12.1 Å². The Kier molecular flexibility index (Phi) is 5.46. The molecule has 1 aliphatic heterocycles. The summed E-state index contributed by atoms with van der Waals surface area (Å²) in [4.78, 5) is 33.7. The molecule has 8 heteroatoms. The van der Waals surface area contributed by atoms with Crippen LogP contribution in [0.25, 0.3) is 0 Å². The number of esters is 1. The predicted octanol–water partition coefficient (Wildman–Crippen LogP) is -1.34. The standard InChI is InChI=1S/C12H20N2O6/c1-5-9(13-6(2)15)11(20-8(4)17)10(12(18)19-5)14-7(3)16/h5,9-12,18H,1-4H3,(H,13,15)(H,14,16)/t5-,9-,10+,11-,12+/m0/s1. The maximum atomic E-state index is 11.2. The molecular weight excluding hydrogens is 268 g/mol. The van der Waals surface area contributed by atoms with Gasteiger partial charge in [0.2, 0.25) is 11.8 Å². The summed E-state index contributed by atoms with van der Waals surface area (Å²) in [5, 5.41) is 15.0. The number of aliphatic hydroxyl groups is 1. The minimum atomic E-state index is -1.33. The van der Waals surface area contributed by atoms with E-state index in [1.807, 2.05) is 0 Å². The molecule has 1 fully saturated rings. The van der Waals surface area contributed by atoms with E-state index in [1.165, 1.54) is 20.8 Å². The maximum absolute atomic E-state index is 11.2. The van der Waals surface area contributed by atoms with Crippen molar-refractivity contribution in [3.63, 3.8) is 0 Å². The lowest BCUT2D eigenvalue weighted by atomic mass is 9.94. The monoisotopic (exact) mass is 288 g/mol. The van der Waals surface area contributed by atoms with Gasteiger partial charge in [0, 0.05) is 20.8 Å². The third-order valence-corrected chi connectivity index (χ3v) is 2.92. The van der Waals surface area contributed by atoms with Gasteiger partial charge < -0.3 is 25.2 Å². The van der Waals surface area contributed by atoms with Crippen LogP contribution in [0, 0.1) is 0 Å². The molecule has 3 N–H and O–H groups in total. The zero-order chi connectivity index (χ0) is 15.4. The maximum Gasteiger partial charge on any atom is 0.303 e. The summed E-state index contributed by atoms with van der Waals surface area (Å²) in [6.45, 7) is 5.42. The fourth-order valence-corrected chi connectivity index (χ4v) is 2.20. The number of carbonyl (C=O) groups is 3. The van der Waals surface area contributed by atoms with E-state index in [0.29, 0.717) is 0 Å². The molecule has 0 aromatic rings. The number of aliphatic hydroxyl groups excluding tert-OH is 1. The number of ether oxygens (including phenoxy) is 2. The second kappa shape index (κ2) is 6.67. The number of hydrogen-bond donors (Lipinski definition) is 3. The van der Waals surface area contributed by atoms with Gasteiger partial charge in [0.25, 0.3) is 0 Å². The van der Waals surface area contributed by atoms with Crippen LogP contribution in [-0.2, 0) is 23.9 Å². The Morgan fingerprint density at radius 2 is 1.55 bits per heavy atom. The first kappa shape index (κ1) is 16.4. The third-order valence-electron chi connectivity index (χ3n) is 2.92. The molecule has 1 rings (SSSR count). The average Bonchev–Trinajstić information content (AvgIpc) is 2.27. The van der Waals surface area contributed by atoms with Crippen molar-refractivity contribution in [2.45, 2.75) is 58.3 Å². The second-order valence-corrected chi connectivity index (χ2v) is 4.76. The molecule has 8 nitrogen and oxygen atoms in total. The van der Waals surface area contributed by atoms with E-state index in [1.54, 1.807) is 6.92 Å². The van der Waals surface area contributed by atoms with Gasteiger partial charge in [-0.15, -0.1) is 0 Å². The highest BCUT2D eigenvalue weighted by molar-refractivity contribution is 5.74. The highest BCUT2D eigenvalue weighted by Gasteiger charge is 2.46. The van der Waals surface area contributed by atoms with Crippen molar-refractivity contribution in [2.24, 2.45) is 0 Å². The SMILES string of the molecule is CC(=O)N[C@@H]1[C@H](OC(C)=O)[C@@H](NC(C)=O)[C@H](O)O[C@H]1C. The van der Waals surface area contributed by atoms with E-state index < -0.39 is 42.5 Å². The minimum absolute atomic E-state index is 0.333. The van der Waals surface area contributed by atoms with Crippen LogP contribution in [0.3, 0.4) is 0 Å². The van der Waals surface area contributed by atoms with Gasteiger partial charge in [-0.2, -0.15) is 0 Å². The fraction of sp³-hybridized carbons (Fsp3) is 0.750. The van der Waals surface area contributed by atoms with E-state index in [2.05, 4.69) is 10.6 Å². The summed E-state index contributed by atoms with van der Waals surface area (Å²) in [5.41, 5.74) is 0. The molecule has 0 bridgehead atoms. The van der Waals surface area contributed by atoms with Crippen LogP contribution in [0.15, 0.2) is 0 Å². The summed E-state index contributed by atoms with van der Waals surface area (Å²) in [6.07, 6.45) is -2.83. The fourth-order valence-electron chi connectivity index (χ4n) is 2.20. The molecule has 0 saturated carbocycles.